The first kappa shape index (κ1) is 43.4. The molecule has 0 aliphatic rings. The third-order valence-corrected chi connectivity index (χ3v) is 5.72. The van der Waals surface area contributed by atoms with Crippen molar-refractivity contribution in [2.75, 3.05) is 0 Å². The zero-order valence-corrected chi connectivity index (χ0v) is 32.4. The van der Waals surface area contributed by atoms with E-state index in [9.17, 15) is 0 Å². The predicted molar refractivity (Wildman–Crippen MR) is 204 cm³/mol. The Morgan fingerprint density at radius 1 is 0.468 bits per heavy atom. The second-order valence-electron chi connectivity index (χ2n) is 12.0. The van der Waals surface area contributed by atoms with Crippen LogP contribution in [0, 0.1) is 13.8 Å². The molecular weight excluding hydrogens is 652 g/mol. The van der Waals surface area contributed by atoms with E-state index in [-0.39, 0.29) is 26.2 Å². The van der Waals surface area contributed by atoms with Crippen molar-refractivity contribution in [2.24, 2.45) is 9.98 Å². The summed E-state index contributed by atoms with van der Waals surface area (Å²) in [5.41, 5.74) is 4.68. The van der Waals surface area contributed by atoms with E-state index in [0.717, 1.165) is 35.6 Å². The van der Waals surface area contributed by atoms with Crippen LogP contribution in [-0.4, -0.2) is 35.8 Å². The van der Waals surface area contributed by atoms with Crippen molar-refractivity contribution in [3.05, 3.63) is 168 Å². The van der Waals surface area contributed by atoms with Crippen molar-refractivity contribution in [2.45, 2.75) is 92.4 Å². The molecule has 0 fully saturated rings. The Morgan fingerprint density at radius 2 is 0.723 bits per heavy atom. The van der Waals surface area contributed by atoms with E-state index in [2.05, 4.69) is 138 Å². The maximum atomic E-state index is 4.56. The summed E-state index contributed by atoms with van der Waals surface area (Å²) in [6.07, 6.45) is 1.66. The molecule has 4 aromatic rings. The number of rotatable bonds is 8. The van der Waals surface area contributed by atoms with Gasteiger partial charge in [0, 0.05) is 0 Å². The van der Waals surface area contributed by atoms with Gasteiger partial charge in [-0.2, -0.15) is 49.2 Å². The van der Waals surface area contributed by atoms with Crippen LogP contribution < -0.4 is 0 Å². The smallest absolute Gasteiger partial charge is 0.466 e. The van der Waals surface area contributed by atoms with Gasteiger partial charge < -0.3 is 20.6 Å². The van der Waals surface area contributed by atoms with Gasteiger partial charge in [0.05, 0.1) is 0 Å². The van der Waals surface area contributed by atoms with Gasteiger partial charge >= 0.3 is 26.2 Å². The van der Waals surface area contributed by atoms with Gasteiger partial charge in [-0.3, -0.25) is 0 Å². The van der Waals surface area contributed by atoms with Crippen LogP contribution in [0.4, 0.5) is 0 Å². The van der Waals surface area contributed by atoms with Crippen LogP contribution in [0.1, 0.15) is 77.6 Å². The average Bonchev–Trinajstić information content (AvgIpc) is 2.99. The van der Waals surface area contributed by atoms with Crippen molar-refractivity contribution in [3.8, 4) is 0 Å². The Balaban J connectivity index is 0.000000636. The van der Waals surface area contributed by atoms with Crippen molar-refractivity contribution in [1.82, 2.24) is 0 Å². The molecule has 0 amide bonds. The topological polar surface area (TPSA) is 52.9 Å². The Labute approximate surface area is 306 Å². The number of hydrogen-bond acceptors (Lipinski definition) is 2. The van der Waals surface area contributed by atoms with Crippen molar-refractivity contribution in [3.63, 3.8) is 0 Å². The second-order valence-corrected chi connectivity index (χ2v) is 12.0. The Kier molecular flexibility index (Phi) is 24.5. The summed E-state index contributed by atoms with van der Waals surface area (Å²) in [6, 6.07) is 41.7. The van der Waals surface area contributed by atoms with Crippen LogP contribution in [-0.2, 0) is 39.0 Å². The van der Waals surface area contributed by atoms with Crippen LogP contribution in [0.3, 0.4) is 0 Å². The molecule has 0 heterocycles. The number of benzene rings is 4. The van der Waals surface area contributed by atoms with Gasteiger partial charge in [-0.05, 0) is 48.1 Å². The monoisotopic (exact) mass is 706 g/mol. The number of aliphatic imine (C=N–C) groups is 2. The van der Waals surface area contributed by atoms with E-state index >= 15 is 0 Å². The fraction of sp³-hybridized carbons (Fsp3) is 0.333. The van der Waals surface area contributed by atoms with Gasteiger partial charge in [0.25, 0.3) is 0 Å². The first-order valence-electron chi connectivity index (χ1n) is 16.3. The number of hydrogen-bond donors (Lipinski definition) is 0. The first-order chi connectivity index (χ1) is 21.9. The molecule has 0 saturated heterocycles. The molecule has 0 aliphatic carbocycles. The third kappa shape index (κ3) is 25.2. The minimum Gasteiger partial charge on any atom is -0.466 e. The Bertz CT molecular complexity index is 1230. The minimum atomic E-state index is 0. The van der Waals surface area contributed by atoms with E-state index in [4.69, 9.17) is 0 Å². The molecule has 0 spiro atoms. The molecule has 0 unspecified atom stereocenters. The SMILES string of the molecule is CC(C)N=C(Cc1ccccc1)[N-]C(C)C.CC(C)N=C(Cc1ccccc1)[N-]C(C)C.[CH2-]c1ccccc1.[CH2-]c1ccccc1.[Zr+4]. The standard InChI is InChI=1S/2C14H21N2.2C7H7.Zr/c2*1-11(2)15-14(16-12(3)4)10-13-8-6-5-7-9-13;2*1-7-5-3-2-4-6-7;/h2*5-9,11-12H,10H2,1-4H3;2*2-6H,1H2;/q4*-1;+4. The van der Waals surface area contributed by atoms with Crippen molar-refractivity contribution < 1.29 is 26.2 Å². The van der Waals surface area contributed by atoms with E-state index in [1.165, 1.54) is 11.1 Å². The largest absolute Gasteiger partial charge is 4.00 e. The molecule has 4 rings (SSSR count). The molecule has 47 heavy (non-hydrogen) atoms. The zero-order chi connectivity index (χ0) is 34.2. The molecule has 0 aromatic heterocycles. The molecule has 0 N–H and O–H groups in total. The zero-order valence-electron chi connectivity index (χ0n) is 30.0. The summed E-state index contributed by atoms with van der Waals surface area (Å²) in [5, 5.41) is 9.12. The fourth-order valence-electron chi connectivity index (χ4n) is 3.95. The quantitative estimate of drug-likeness (QED) is 0.0994. The van der Waals surface area contributed by atoms with Crippen LogP contribution >= 0.6 is 0 Å². The summed E-state index contributed by atoms with van der Waals surface area (Å²) in [5.74, 6) is 1.91. The van der Waals surface area contributed by atoms with Gasteiger partial charge in [0.15, 0.2) is 0 Å². The summed E-state index contributed by atoms with van der Waals surface area (Å²) in [6.45, 7) is 24.1. The van der Waals surface area contributed by atoms with Crippen molar-refractivity contribution >= 4 is 11.7 Å². The fourth-order valence-corrected chi connectivity index (χ4v) is 3.95. The second kappa shape index (κ2) is 26.5. The molecule has 0 atom stereocenters. The summed E-state index contributed by atoms with van der Waals surface area (Å²) < 4.78 is 0. The molecule has 4 aromatic carbocycles. The molecule has 248 valence electrons. The minimum absolute atomic E-state index is 0. The van der Waals surface area contributed by atoms with Gasteiger partial charge in [-0.25, -0.2) is 0 Å². The van der Waals surface area contributed by atoms with Crippen LogP contribution in [0.5, 0.6) is 0 Å². The molecule has 0 saturated carbocycles. The van der Waals surface area contributed by atoms with Gasteiger partial charge in [0.2, 0.25) is 0 Å². The van der Waals surface area contributed by atoms with Gasteiger partial charge in [-0.1, -0.05) is 140 Å². The maximum Gasteiger partial charge on any atom is 4.00 e. The van der Waals surface area contributed by atoms with Gasteiger partial charge in [-0.15, -0.1) is 24.3 Å². The van der Waals surface area contributed by atoms with Gasteiger partial charge in [0.1, 0.15) is 0 Å². The Hall–Kier alpha value is -3.56. The normalized spacial score (nSPS) is 10.9. The number of nitrogens with zero attached hydrogens (tertiary/aromatic N) is 4. The molecule has 0 bridgehead atoms. The molecule has 0 radical (unpaired) electrons. The van der Waals surface area contributed by atoms with Crippen LogP contribution in [0.25, 0.3) is 10.6 Å². The maximum absolute atomic E-state index is 4.56. The first-order valence-corrected chi connectivity index (χ1v) is 16.3. The number of amidine groups is 2. The summed E-state index contributed by atoms with van der Waals surface area (Å²) in [4.78, 5) is 9.12. The van der Waals surface area contributed by atoms with Crippen molar-refractivity contribution in [1.29, 1.82) is 0 Å². The summed E-state index contributed by atoms with van der Waals surface area (Å²) >= 11 is 0. The predicted octanol–water partition coefficient (Wildman–Crippen LogP) is 11.4. The summed E-state index contributed by atoms with van der Waals surface area (Å²) in [7, 11) is 0. The Morgan fingerprint density at radius 3 is 0.915 bits per heavy atom. The van der Waals surface area contributed by atoms with Crippen LogP contribution in [0.2, 0.25) is 0 Å². The van der Waals surface area contributed by atoms with E-state index in [1.54, 1.807) is 0 Å². The average molecular weight is 708 g/mol. The van der Waals surface area contributed by atoms with Crippen LogP contribution in [0.15, 0.2) is 131 Å². The van der Waals surface area contributed by atoms with E-state index < -0.39 is 0 Å². The molecule has 5 heteroatoms. The molecule has 4 nitrogen and oxygen atoms in total. The molecule has 0 aliphatic heterocycles. The van der Waals surface area contributed by atoms with E-state index in [0.29, 0.717) is 24.2 Å². The van der Waals surface area contributed by atoms with E-state index in [1.807, 2.05) is 72.8 Å². The third-order valence-electron chi connectivity index (χ3n) is 5.72. The molecular formula is C42H56N4Zr.